The van der Waals surface area contributed by atoms with Crippen molar-refractivity contribution in [3.63, 3.8) is 0 Å². The lowest BCUT2D eigenvalue weighted by atomic mass is 10.3. The molecule has 0 spiro atoms. The second kappa shape index (κ2) is 7.91. The van der Waals surface area contributed by atoms with Crippen molar-refractivity contribution >= 4 is 0 Å². The molecule has 18 heavy (non-hydrogen) atoms. The van der Waals surface area contributed by atoms with Crippen molar-refractivity contribution in [2.24, 2.45) is 7.05 Å². The Balaban J connectivity index is 2.09. The van der Waals surface area contributed by atoms with Gasteiger partial charge in [-0.05, 0) is 44.9 Å². The summed E-state index contributed by atoms with van der Waals surface area (Å²) in [6.45, 7) is 6.75. The van der Waals surface area contributed by atoms with Gasteiger partial charge in [-0.3, -0.25) is 0 Å². The van der Waals surface area contributed by atoms with Crippen molar-refractivity contribution in [2.45, 2.75) is 39.3 Å². The van der Waals surface area contributed by atoms with Crippen LogP contribution in [0.5, 0.6) is 0 Å². The molecule has 1 rings (SSSR count). The van der Waals surface area contributed by atoms with Gasteiger partial charge < -0.3 is 14.6 Å². The summed E-state index contributed by atoms with van der Waals surface area (Å²) in [4.78, 5) is 0. The number of nitriles is 1. The quantitative estimate of drug-likeness (QED) is 0.718. The van der Waals surface area contributed by atoms with Crippen LogP contribution >= 0.6 is 0 Å². The predicted octanol–water partition coefficient (Wildman–Crippen LogP) is 2.19. The summed E-state index contributed by atoms with van der Waals surface area (Å²) < 4.78 is 7.33. The van der Waals surface area contributed by atoms with Crippen LogP contribution in [0.1, 0.15) is 37.9 Å². The van der Waals surface area contributed by atoms with Gasteiger partial charge in [0.15, 0.2) is 0 Å². The van der Waals surface area contributed by atoms with Gasteiger partial charge in [-0.1, -0.05) is 0 Å². The van der Waals surface area contributed by atoms with Gasteiger partial charge >= 0.3 is 0 Å². The molecule has 1 heterocycles. The molecule has 1 aromatic rings. The molecule has 0 aromatic carbocycles. The highest BCUT2D eigenvalue weighted by Crippen LogP contribution is 2.05. The van der Waals surface area contributed by atoms with Gasteiger partial charge in [-0.25, -0.2) is 0 Å². The molecule has 4 heteroatoms. The molecular formula is C14H23N3O. The number of nitrogens with zero attached hydrogens (tertiary/aromatic N) is 2. The molecule has 100 valence electrons. The maximum atomic E-state index is 8.84. The van der Waals surface area contributed by atoms with Crippen molar-refractivity contribution in [1.82, 2.24) is 9.88 Å². The Kier molecular flexibility index (Phi) is 6.48. The average Bonchev–Trinajstić information content (AvgIpc) is 2.68. The van der Waals surface area contributed by atoms with Crippen LogP contribution in [0.4, 0.5) is 0 Å². The fourth-order valence-electron chi connectivity index (χ4n) is 1.74. The van der Waals surface area contributed by atoms with E-state index in [1.165, 1.54) is 0 Å². The molecular weight excluding hydrogens is 226 g/mol. The van der Waals surface area contributed by atoms with Gasteiger partial charge in [-0.2, -0.15) is 5.26 Å². The number of rotatable bonds is 8. The van der Waals surface area contributed by atoms with E-state index in [1.54, 1.807) is 0 Å². The van der Waals surface area contributed by atoms with Gasteiger partial charge in [0.1, 0.15) is 11.8 Å². The lowest BCUT2D eigenvalue weighted by molar-refractivity contribution is 0.0760. The highest BCUT2D eigenvalue weighted by Gasteiger charge is 2.01. The Morgan fingerprint density at radius 2 is 2.22 bits per heavy atom. The second-order valence-electron chi connectivity index (χ2n) is 4.76. The van der Waals surface area contributed by atoms with Gasteiger partial charge in [-0.15, -0.1) is 0 Å². The minimum Gasteiger partial charge on any atom is -0.379 e. The van der Waals surface area contributed by atoms with E-state index in [0.717, 1.165) is 38.1 Å². The van der Waals surface area contributed by atoms with Crippen molar-refractivity contribution in [3.05, 3.63) is 23.5 Å². The Morgan fingerprint density at radius 3 is 2.83 bits per heavy atom. The summed E-state index contributed by atoms with van der Waals surface area (Å²) in [5.74, 6) is 0. The molecule has 0 amide bonds. The van der Waals surface area contributed by atoms with Crippen LogP contribution in [0, 0.1) is 11.3 Å². The zero-order valence-corrected chi connectivity index (χ0v) is 11.6. The smallest absolute Gasteiger partial charge is 0.120 e. The lowest BCUT2D eigenvalue weighted by Crippen LogP contribution is -2.15. The first-order valence-electron chi connectivity index (χ1n) is 6.51. The summed E-state index contributed by atoms with van der Waals surface area (Å²) in [6.07, 6.45) is 4.52. The molecule has 1 N–H and O–H groups in total. The van der Waals surface area contributed by atoms with Crippen LogP contribution in [0.2, 0.25) is 0 Å². The highest BCUT2D eigenvalue weighted by molar-refractivity contribution is 5.28. The fraction of sp³-hybridized carbons (Fsp3) is 0.643. The molecule has 0 saturated heterocycles. The van der Waals surface area contributed by atoms with Crippen LogP contribution in [0.3, 0.4) is 0 Å². The van der Waals surface area contributed by atoms with Gasteiger partial charge in [0.2, 0.25) is 0 Å². The number of ether oxygens (including phenoxy) is 1. The normalized spacial score (nSPS) is 10.8. The van der Waals surface area contributed by atoms with Crippen LogP contribution in [-0.4, -0.2) is 23.8 Å². The second-order valence-corrected chi connectivity index (χ2v) is 4.76. The molecule has 0 unspecified atom stereocenters. The number of hydrogen-bond acceptors (Lipinski definition) is 3. The molecule has 0 aliphatic heterocycles. The number of aromatic nitrogens is 1. The summed E-state index contributed by atoms with van der Waals surface area (Å²) in [5.41, 5.74) is 1.87. The van der Waals surface area contributed by atoms with Crippen molar-refractivity contribution in [1.29, 1.82) is 5.26 Å². The zero-order chi connectivity index (χ0) is 13.4. The van der Waals surface area contributed by atoms with E-state index >= 15 is 0 Å². The molecule has 1 aromatic heterocycles. The first kappa shape index (κ1) is 14.7. The Hall–Kier alpha value is -1.31. The largest absolute Gasteiger partial charge is 0.379 e. The number of nitrogens with one attached hydrogen (secondary N) is 1. The van der Waals surface area contributed by atoms with E-state index in [-0.39, 0.29) is 0 Å². The molecule has 0 saturated carbocycles. The first-order chi connectivity index (χ1) is 8.63. The number of hydrogen-bond donors (Lipinski definition) is 1. The third-order valence-electron chi connectivity index (χ3n) is 2.70. The maximum absolute atomic E-state index is 8.84. The van der Waals surface area contributed by atoms with Crippen LogP contribution in [-0.2, 0) is 18.3 Å². The van der Waals surface area contributed by atoms with Gasteiger partial charge in [0, 0.05) is 26.4 Å². The fourth-order valence-corrected chi connectivity index (χ4v) is 1.74. The maximum Gasteiger partial charge on any atom is 0.120 e. The first-order valence-corrected chi connectivity index (χ1v) is 6.51. The Labute approximate surface area is 110 Å². The van der Waals surface area contributed by atoms with Gasteiger partial charge in [0.05, 0.1) is 6.10 Å². The zero-order valence-electron chi connectivity index (χ0n) is 11.6. The summed E-state index contributed by atoms with van der Waals surface area (Å²) in [6, 6.07) is 4.09. The van der Waals surface area contributed by atoms with Gasteiger partial charge in [0.25, 0.3) is 0 Å². The Morgan fingerprint density at radius 1 is 1.44 bits per heavy atom. The molecule has 0 radical (unpaired) electrons. The minimum atomic E-state index is 0.326. The third kappa shape index (κ3) is 5.35. The average molecular weight is 249 g/mol. The molecule has 0 bridgehead atoms. The summed E-state index contributed by atoms with van der Waals surface area (Å²) >= 11 is 0. The molecule has 0 aliphatic rings. The van der Waals surface area contributed by atoms with E-state index in [4.69, 9.17) is 10.00 Å². The predicted molar refractivity (Wildman–Crippen MR) is 72.2 cm³/mol. The molecule has 4 nitrogen and oxygen atoms in total. The topological polar surface area (TPSA) is 50.0 Å². The van der Waals surface area contributed by atoms with E-state index in [1.807, 2.05) is 23.9 Å². The van der Waals surface area contributed by atoms with E-state index < -0.39 is 0 Å². The van der Waals surface area contributed by atoms with Crippen molar-refractivity contribution in [2.75, 3.05) is 13.2 Å². The van der Waals surface area contributed by atoms with Crippen LogP contribution in [0.25, 0.3) is 0 Å². The van der Waals surface area contributed by atoms with E-state index in [9.17, 15) is 0 Å². The lowest BCUT2D eigenvalue weighted by Gasteiger charge is -2.07. The minimum absolute atomic E-state index is 0.326. The van der Waals surface area contributed by atoms with E-state index in [0.29, 0.717) is 11.8 Å². The standard InChI is InChI=1S/C14H23N3O/c1-12(2)18-7-5-4-6-16-10-13-8-14(9-15)17(3)11-13/h8,11-12,16H,4-7,10H2,1-3H3. The SMILES string of the molecule is CC(C)OCCCCNCc1cc(C#N)n(C)c1. The highest BCUT2D eigenvalue weighted by atomic mass is 16.5. The van der Waals surface area contributed by atoms with E-state index in [2.05, 4.69) is 25.2 Å². The summed E-state index contributed by atoms with van der Waals surface area (Å²) in [5, 5.41) is 12.2. The number of aryl methyl sites for hydroxylation is 1. The Bertz CT molecular complexity index is 390. The van der Waals surface area contributed by atoms with Crippen molar-refractivity contribution < 1.29 is 4.74 Å². The van der Waals surface area contributed by atoms with Crippen LogP contribution in [0.15, 0.2) is 12.3 Å². The molecule has 0 atom stereocenters. The molecule has 0 fully saturated rings. The summed E-state index contributed by atoms with van der Waals surface area (Å²) in [7, 11) is 1.89. The van der Waals surface area contributed by atoms with Crippen molar-refractivity contribution in [3.8, 4) is 6.07 Å². The number of unbranched alkanes of at least 4 members (excludes halogenated alkanes) is 1. The third-order valence-corrected chi connectivity index (χ3v) is 2.70. The monoisotopic (exact) mass is 249 g/mol. The van der Waals surface area contributed by atoms with Crippen LogP contribution < -0.4 is 5.32 Å². The molecule has 0 aliphatic carbocycles.